The van der Waals surface area contributed by atoms with Crippen LogP contribution in [0.1, 0.15) is 5.69 Å². The van der Waals surface area contributed by atoms with E-state index in [2.05, 4.69) is 26.1 Å². The number of oxime groups is 1. The van der Waals surface area contributed by atoms with E-state index in [4.69, 9.17) is 9.94 Å². The van der Waals surface area contributed by atoms with E-state index in [1.54, 1.807) is 12.1 Å². The zero-order valence-electron chi connectivity index (χ0n) is 6.36. The maximum Gasteiger partial charge on any atom is 0.228 e. The summed E-state index contributed by atoms with van der Waals surface area (Å²) >= 11 is 3.25. The second-order valence-corrected chi connectivity index (χ2v) is 2.83. The van der Waals surface area contributed by atoms with Crippen LogP contribution in [-0.2, 0) is 0 Å². The molecule has 1 heterocycles. The number of pyridine rings is 1. The molecule has 0 saturated carbocycles. The van der Waals surface area contributed by atoms with Crippen molar-refractivity contribution in [2.45, 2.75) is 0 Å². The minimum absolute atomic E-state index is 0.465. The van der Waals surface area contributed by atoms with Crippen molar-refractivity contribution < 1.29 is 9.94 Å². The van der Waals surface area contributed by atoms with E-state index >= 15 is 0 Å². The van der Waals surface area contributed by atoms with Crippen molar-refractivity contribution >= 4 is 22.1 Å². The third-order valence-corrected chi connectivity index (χ3v) is 1.82. The van der Waals surface area contributed by atoms with Gasteiger partial charge in [0, 0.05) is 0 Å². The Morgan fingerprint density at radius 1 is 1.67 bits per heavy atom. The van der Waals surface area contributed by atoms with Crippen molar-refractivity contribution in [3.05, 3.63) is 22.3 Å². The van der Waals surface area contributed by atoms with Crippen LogP contribution in [0, 0.1) is 0 Å². The van der Waals surface area contributed by atoms with Gasteiger partial charge in [0.1, 0.15) is 0 Å². The highest BCUT2D eigenvalue weighted by atomic mass is 79.9. The van der Waals surface area contributed by atoms with E-state index in [-0.39, 0.29) is 0 Å². The fraction of sp³-hybridized carbons (Fsp3) is 0.143. The van der Waals surface area contributed by atoms with E-state index in [1.165, 1.54) is 13.3 Å². The van der Waals surface area contributed by atoms with Crippen LogP contribution >= 0.6 is 15.9 Å². The Kier molecular flexibility index (Phi) is 3.04. The lowest BCUT2D eigenvalue weighted by Crippen LogP contribution is -1.93. The van der Waals surface area contributed by atoms with Gasteiger partial charge in [0.25, 0.3) is 0 Å². The predicted octanol–water partition coefficient (Wildman–Crippen LogP) is 1.66. The molecule has 12 heavy (non-hydrogen) atoms. The molecule has 0 saturated heterocycles. The number of aromatic nitrogens is 1. The lowest BCUT2D eigenvalue weighted by molar-refractivity contribution is 0.321. The number of nitrogens with zero attached hydrogens (tertiary/aromatic N) is 2. The molecular weight excluding hydrogens is 224 g/mol. The molecule has 0 atom stereocenters. The van der Waals surface area contributed by atoms with Gasteiger partial charge in [-0.15, -0.1) is 0 Å². The van der Waals surface area contributed by atoms with Crippen molar-refractivity contribution in [2.75, 3.05) is 7.11 Å². The Hall–Kier alpha value is -1.10. The van der Waals surface area contributed by atoms with Gasteiger partial charge >= 0.3 is 0 Å². The molecule has 1 aromatic rings. The van der Waals surface area contributed by atoms with E-state index in [9.17, 15) is 0 Å². The molecule has 0 spiro atoms. The maximum atomic E-state index is 8.23. The van der Waals surface area contributed by atoms with Crippen molar-refractivity contribution in [1.82, 2.24) is 4.98 Å². The Labute approximate surface area is 78.0 Å². The Morgan fingerprint density at radius 2 is 2.42 bits per heavy atom. The van der Waals surface area contributed by atoms with Crippen LogP contribution in [0.3, 0.4) is 0 Å². The number of ether oxygens (including phenoxy) is 1. The minimum Gasteiger partial charge on any atom is -0.480 e. The second-order valence-electron chi connectivity index (χ2n) is 1.97. The van der Waals surface area contributed by atoms with Crippen LogP contribution in [0.15, 0.2) is 21.8 Å². The molecule has 0 amide bonds. The number of methoxy groups -OCH3 is 1. The number of rotatable bonds is 2. The third-order valence-electron chi connectivity index (χ3n) is 1.22. The summed E-state index contributed by atoms with van der Waals surface area (Å²) in [6, 6.07) is 3.47. The third kappa shape index (κ3) is 1.94. The molecule has 1 rings (SSSR count). The number of hydrogen-bond donors (Lipinski definition) is 1. The van der Waals surface area contributed by atoms with Crippen LogP contribution in [0.5, 0.6) is 5.88 Å². The lowest BCUT2D eigenvalue weighted by Gasteiger charge is -2.01. The SMILES string of the molecule is COc1nc(C=NO)ccc1Br. The standard InChI is InChI=1S/C7H7BrN2O2/c1-12-7-6(8)3-2-5(10-7)4-9-11/h2-4,11H,1H3. The maximum absolute atomic E-state index is 8.23. The molecule has 0 radical (unpaired) electrons. The van der Waals surface area contributed by atoms with E-state index < -0.39 is 0 Å². The summed E-state index contributed by atoms with van der Waals surface area (Å²) in [5, 5.41) is 11.1. The summed E-state index contributed by atoms with van der Waals surface area (Å²) < 4.78 is 5.69. The first kappa shape index (κ1) is 8.99. The topological polar surface area (TPSA) is 54.7 Å². The monoisotopic (exact) mass is 230 g/mol. The van der Waals surface area contributed by atoms with Crippen molar-refractivity contribution in [1.29, 1.82) is 0 Å². The normalized spacial score (nSPS) is 10.5. The molecule has 1 aromatic heterocycles. The Morgan fingerprint density at radius 3 is 3.00 bits per heavy atom. The zero-order valence-corrected chi connectivity index (χ0v) is 7.95. The molecule has 0 aliphatic carbocycles. The van der Waals surface area contributed by atoms with Gasteiger partial charge in [-0.25, -0.2) is 4.98 Å². The van der Waals surface area contributed by atoms with Crippen molar-refractivity contribution in [3.63, 3.8) is 0 Å². The molecule has 0 unspecified atom stereocenters. The van der Waals surface area contributed by atoms with Crippen LogP contribution in [0.25, 0.3) is 0 Å². The fourth-order valence-electron chi connectivity index (χ4n) is 0.712. The van der Waals surface area contributed by atoms with Gasteiger partial charge in [-0.3, -0.25) is 0 Å². The first-order valence-corrected chi connectivity index (χ1v) is 3.95. The van der Waals surface area contributed by atoms with Crippen LogP contribution in [0.4, 0.5) is 0 Å². The van der Waals surface area contributed by atoms with Gasteiger partial charge in [-0.1, -0.05) is 5.16 Å². The average Bonchev–Trinajstić information content (AvgIpc) is 2.09. The molecule has 0 aromatic carbocycles. The molecule has 4 nitrogen and oxygen atoms in total. The molecule has 64 valence electrons. The molecule has 1 N–H and O–H groups in total. The Balaban J connectivity index is 3.05. The molecule has 5 heteroatoms. The van der Waals surface area contributed by atoms with Gasteiger partial charge in [-0.05, 0) is 28.1 Å². The van der Waals surface area contributed by atoms with E-state index in [0.29, 0.717) is 11.6 Å². The Bertz CT molecular complexity index is 301. The van der Waals surface area contributed by atoms with Gasteiger partial charge in [0.05, 0.1) is 23.5 Å². The summed E-state index contributed by atoms with van der Waals surface area (Å²) in [5.41, 5.74) is 0.539. The van der Waals surface area contributed by atoms with E-state index in [0.717, 1.165) is 4.47 Å². The summed E-state index contributed by atoms with van der Waals surface area (Å²) in [6.07, 6.45) is 1.23. The average molecular weight is 231 g/mol. The van der Waals surface area contributed by atoms with Gasteiger partial charge in [0.15, 0.2) is 0 Å². The van der Waals surface area contributed by atoms with Crippen LogP contribution < -0.4 is 4.74 Å². The van der Waals surface area contributed by atoms with Crippen molar-refractivity contribution in [2.24, 2.45) is 5.16 Å². The number of halogens is 1. The molecule has 0 fully saturated rings. The first-order chi connectivity index (χ1) is 5.77. The highest BCUT2D eigenvalue weighted by Crippen LogP contribution is 2.21. The van der Waals surface area contributed by atoms with Gasteiger partial charge in [0.2, 0.25) is 5.88 Å². The predicted molar refractivity (Wildman–Crippen MR) is 47.9 cm³/mol. The van der Waals surface area contributed by atoms with E-state index in [1.807, 2.05) is 0 Å². The molecular formula is C7H7BrN2O2. The summed E-state index contributed by atoms with van der Waals surface area (Å²) in [5.74, 6) is 0.465. The highest BCUT2D eigenvalue weighted by Gasteiger charge is 2.00. The second kappa shape index (κ2) is 4.06. The quantitative estimate of drug-likeness (QED) is 0.478. The molecule has 0 aliphatic rings. The summed E-state index contributed by atoms with van der Waals surface area (Å²) in [7, 11) is 1.52. The summed E-state index contributed by atoms with van der Waals surface area (Å²) in [4.78, 5) is 4.00. The smallest absolute Gasteiger partial charge is 0.228 e. The van der Waals surface area contributed by atoms with Crippen LogP contribution in [-0.4, -0.2) is 23.5 Å². The number of hydrogen-bond acceptors (Lipinski definition) is 4. The van der Waals surface area contributed by atoms with Crippen molar-refractivity contribution in [3.8, 4) is 5.88 Å². The first-order valence-electron chi connectivity index (χ1n) is 3.16. The molecule has 0 bridgehead atoms. The molecule has 0 aliphatic heterocycles. The van der Waals surface area contributed by atoms with Gasteiger partial charge < -0.3 is 9.94 Å². The highest BCUT2D eigenvalue weighted by molar-refractivity contribution is 9.10. The summed E-state index contributed by atoms with van der Waals surface area (Å²) in [6.45, 7) is 0. The lowest BCUT2D eigenvalue weighted by atomic mass is 10.4. The fourth-order valence-corrected chi connectivity index (χ4v) is 1.09. The zero-order chi connectivity index (χ0) is 8.97. The largest absolute Gasteiger partial charge is 0.480 e. The van der Waals surface area contributed by atoms with Gasteiger partial charge in [-0.2, -0.15) is 0 Å². The minimum atomic E-state index is 0.465. The van der Waals surface area contributed by atoms with Crippen LogP contribution in [0.2, 0.25) is 0 Å².